The molecule has 1 aliphatic heterocycles. The van der Waals surface area contributed by atoms with Crippen LogP contribution in [0.5, 0.6) is 0 Å². The molecular formula is C20H26N2O4. The zero-order valence-corrected chi connectivity index (χ0v) is 16.0. The third kappa shape index (κ3) is 4.94. The van der Waals surface area contributed by atoms with Gasteiger partial charge in [-0.25, -0.2) is 0 Å². The Morgan fingerprint density at radius 3 is 2.46 bits per heavy atom. The van der Waals surface area contributed by atoms with E-state index in [1.54, 1.807) is 38.9 Å². The van der Waals surface area contributed by atoms with E-state index in [-0.39, 0.29) is 30.8 Å². The van der Waals surface area contributed by atoms with E-state index in [0.29, 0.717) is 0 Å². The maximum absolute atomic E-state index is 12.6. The minimum atomic E-state index is -0.598. The highest BCUT2D eigenvalue weighted by atomic mass is 16.6. The normalized spacial score (nSPS) is 16.0. The van der Waals surface area contributed by atoms with Gasteiger partial charge in [-0.1, -0.05) is 24.3 Å². The molecule has 0 saturated heterocycles. The number of nitrogens with zero attached hydrogens (tertiary/aromatic N) is 2. The predicted molar refractivity (Wildman–Crippen MR) is 98.8 cm³/mol. The van der Waals surface area contributed by atoms with Crippen LogP contribution in [0.15, 0.2) is 30.5 Å². The van der Waals surface area contributed by atoms with Crippen LogP contribution in [0.3, 0.4) is 0 Å². The van der Waals surface area contributed by atoms with Crippen LogP contribution >= 0.6 is 0 Å². The lowest BCUT2D eigenvalue weighted by Gasteiger charge is -2.33. The van der Waals surface area contributed by atoms with Gasteiger partial charge in [0.1, 0.15) is 12.1 Å². The van der Waals surface area contributed by atoms with Crippen molar-refractivity contribution < 1.29 is 19.1 Å². The van der Waals surface area contributed by atoms with Gasteiger partial charge in [-0.2, -0.15) is 0 Å². The third-order valence-corrected chi connectivity index (χ3v) is 4.05. The highest BCUT2D eigenvalue weighted by Gasteiger charge is 2.30. The van der Waals surface area contributed by atoms with E-state index < -0.39 is 11.6 Å². The van der Waals surface area contributed by atoms with Gasteiger partial charge in [-0.15, -0.1) is 0 Å². The van der Waals surface area contributed by atoms with Crippen LogP contribution < -0.4 is 0 Å². The third-order valence-electron chi connectivity index (χ3n) is 4.05. The summed E-state index contributed by atoms with van der Waals surface area (Å²) < 4.78 is 5.26. The number of hydrogen-bond donors (Lipinski definition) is 0. The van der Waals surface area contributed by atoms with Gasteiger partial charge in [0.2, 0.25) is 11.8 Å². The van der Waals surface area contributed by atoms with E-state index in [2.05, 4.69) is 0 Å². The fourth-order valence-electron chi connectivity index (χ4n) is 2.89. The van der Waals surface area contributed by atoms with Crippen LogP contribution in [0.1, 0.15) is 51.3 Å². The summed E-state index contributed by atoms with van der Waals surface area (Å²) in [6.45, 7) is 6.69. The van der Waals surface area contributed by atoms with Gasteiger partial charge in [0.25, 0.3) is 0 Å². The summed E-state index contributed by atoms with van der Waals surface area (Å²) in [6, 6.07) is 7.28. The molecule has 0 bridgehead atoms. The Labute approximate surface area is 154 Å². The second-order valence-electron chi connectivity index (χ2n) is 7.43. The molecule has 1 aromatic carbocycles. The summed E-state index contributed by atoms with van der Waals surface area (Å²) >= 11 is 0. The van der Waals surface area contributed by atoms with E-state index in [4.69, 9.17) is 4.74 Å². The Morgan fingerprint density at radius 2 is 1.85 bits per heavy atom. The SMILES string of the molecule is CC(=O)N1C=Cc2ccccc2C1CC(=O)N(C)CC(=O)OC(C)(C)C. The molecule has 0 fully saturated rings. The maximum atomic E-state index is 12.6. The van der Waals surface area contributed by atoms with E-state index >= 15 is 0 Å². The molecule has 1 aromatic rings. The molecule has 26 heavy (non-hydrogen) atoms. The number of rotatable bonds is 4. The first-order valence-corrected chi connectivity index (χ1v) is 8.60. The standard InChI is InChI=1S/C20H26N2O4/c1-14(23)22-11-10-15-8-6-7-9-16(15)17(22)12-18(24)21(5)13-19(25)26-20(2,3)4/h6-11,17H,12-13H2,1-5H3. The fourth-order valence-corrected chi connectivity index (χ4v) is 2.89. The summed E-state index contributed by atoms with van der Waals surface area (Å²) in [5, 5.41) is 0. The Balaban J connectivity index is 2.11. The second-order valence-corrected chi connectivity index (χ2v) is 7.43. The van der Waals surface area contributed by atoms with Crippen LogP contribution in [-0.2, 0) is 19.1 Å². The molecule has 1 aliphatic rings. The smallest absolute Gasteiger partial charge is 0.326 e. The minimum Gasteiger partial charge on any atom is -0.459 e. The molecule has 2 rings (SSSR count). The highest BCUT2D eigenvalue weighted by Crippen LogP contribution is 2.33. The Bertz CT molecular complexity index is 734. The number of hydrogen-bond acceptors (Lipinski definition) is 4. The molecule has 0 aliphatic carbocycles. The molecule has 0 N–H and O–H groups in total. The van der Waals surface area contributed by atoms with E-state index in [1.165, 1.54) is 11.8 Å². The van der Waals surface area contributed by atoms with Crippen molar-refractivity contribution in [2.75, 3.05) is 13.6 Å². The molecule has 0 aromatic heterocycles. The van der Waals surface area contributed by atoms with E-state index in [9.17, 15) is 14.4 Å². The lowest BCUT2D eigenvalue weighted by molar-refractivity contribution is -0.158. The van der Waals surface area contributed by atoms with Gasteiger partial charge in [-0.3, -0.25) is 14.4 Å². The van der Waals surface area contributed by atoms with Gasteiger partial charge in [0.05, 0.1) is 12.5 Å². The number of fused-ring (bicyclic) bond motifs is 1. The van der Waals surface area contributed by atoms with E-state index in [0.717, 1.165) is 11.1 Å². The molecule has 6 nitrogen and oxygen atoms in total. The topological polar surface area (TPSA) is 66.9 Å². The van der Waals surface area contributed by atoms with Crippen LogP contribution in [-0.4, -0.2) is 46.8 Å². The number of amides is 2. The maximum Gasteiger partial charge on any atom is 0.326 e. The molecule has 0 saturated carbocycles. The zero-order chi connectivity index (χ0) is 19.5. The van der Waals surface area contributed by atoms with E-state index in [1.807, 2.05) is 30.3 Å². The fraction of sp³-hybridized carbons (Fsp3) is 0.450. The molecule has 0 spiro atoms. The van der Waals surface area contributed by atoms with Crippen LogP contribution in [0, 0.1) is 0 Å². The van der Waals surface area contributed by atoms with Gasteiger partial charge in [-0.05, 0) is 38.0 Å². The average Bonchev–Trinajstić information content (AvgIpc) is 2.52. The van der Waals surface area contributed by atoms with Crippen molar-refractivity contribution in [1.29, 1.82) is 0 Å². The summed E-state index contributed by atoms with van der Waals surface area (Å²) in [6.07, 6.45) is 3.67. The van der Waals surface area contributed by atoms with Crippen LogP contribution in [0.25, 0.3) is 6.08 Å². The van der Waals surface area contributed by atoms with Gasteiger partial charge in [0, 0.05) is 20.2 Å². The predicted octanol–water partition coefficient (Wildman–Crippen LogP) is 2.75. The molecular weight excluding hydrogens is 332 g/mol. The Morgan fingerprint density at radius 1 is 1.19 bits per heavy atom. The number of carbonyl (C=O) groups excluding carboxylic acids is 3. The number of likely N-dealkylation sites (N-methyl/N-ethyl adjacent to an activating group) is 1. The number of ether oxygens (including phenoxy) is 1. The molecule has 2 amide bonds. The Kier molecular flexibility index (Phi) is 5.85. The van der Waals surface area contributed by atoms with Crippen molar-refractivity contribution in [3.8, 4) is 0 Å². The number of carbonyl (C=O) groups is 3. The summed E-state index contributed by atoms with van der Waals surface area (Å²) in [7, 11) is 1.56. The quantitative estimate of drug-likeness (QED) is 0.776. The largest absolute Gasteiger partial charge is 0.459 e. The number of benzene rings is 1. The lowest BCUT2D eigenvalue weighted by Crippen LogP contribution is -2.39. The monoisotopic (exact) mass is 358 g/mol. The van der Waals surface area contributed by atoms with Gasteiger partial charge in [0.15, 0.2) is 0 Å². The van der Waals surface area contributed by atoms with Gasteiger partial charge < -0.3 is 14.5 Å². The molecule has 1 heterocycles. The molecule has 0 radical (unpaired) electrons. The van der Waals surface area contributed by atoms with Crippen LogP contribution in [0.2, 0.25) is 0 Å². The number of esters is 1. The van der Waals surface area contributed by atoms with Crippen molar-refractivity contribution in [3.63, 3.8) is 0 Å². The lowest BCUT2D eigenvalue weighted by atomic mass is 9.93. The van der Waals surface area contributed by atoms with Gasteiger partial charge >= 0.3 is 5.97 Å². The molecule has 6 heteroatoms. The summed E-state index contributed by atoms with van der Waals surface area (Å²) in [5.74, 6) is -0.818. The zero-order valence-electron chi connectivity index (χ0n) is 16.0. The van der Waals surface area contributed by atoms with Crippen molar-refractivity contribution in [2.45, 2.75) is 45.8 Å². The van der Waals surface area contributed by atoms with Crippen molar-refractivity contribution in [3.05, 3.63) is 41.6 Å². The van der Waals surface area contributed by atoms with Crippen molar-refractivity contribution >= 4 is 23.9 Å². The average molecular weight is 358 g/mol. The molecule has 1 unspecified atom stereocenters. The Hall–Kier alpha value is -2.63. The van der Waals surface area contributed by atoms with Crippen molar-refractivity contribution in [1.82, 2.24) is 9.80 Å². The minimum absolute atomic E-state index is 0.0975. The first kappa shape index (κ1) is 19.7. The summed E-state index contributed by atoms with van der Waals surface area (Å²) in [4.78, 5) is 39.5. The van der Waals surface area contributed by atoms with Crippen molar-refractivity contribution in [2.24, 2.45) is 0 Å². The first-order valence-electron chi connectivity index (χ1n) is 8.60. The molecule has 140 valence electrons. The second kappa shape index (κ2) is 7.72. The summed E-state index contributed by atoms with van der Waals surface area (Å²) in [5.41, 5.74) is 1.31. The van der Waals surface area contributed by atoms with Crippen LogP contribution in [0.4, 0.5) is 0 Å². The highest BCUT2D eigenvalue weighted by molar-refractivity contribution is 5.84. The first-order chi connectivity index (χ1) is 12.1. The molecule has 1 atom stereocenters.